The number of hydrogen-bond donors (Lipinski definition) is 1. The summed E-state index contributed by atoms with van der Waals surface area (Å²) in [5.41, 5.74) is 5.89. The van der Waals surface area contributed by atoms with E-state index in [2.05, 4.69) is 10.1 Å². The second-order valence-electron chi connectivity index (χ2n) is 6.11. The van der Waals surface area contributed by atoms with Crippen molar-refractivity contribution < 1.29 is 9.26 Å². The summed E-state index contributed by atoms with van der Waals surface area (Å²) in [6.07, 6.45) is 7.79. The van der Waals surface area contributed by atoms with Gasteiger partial charge in [0.2, 0.25) is 11.7 Å². The molecule has 1 aromatic heterocycles. The molecule has 0 aromatic carbocycles. The number of hydrogen-bond acceptors (Lipinski definition) is 5. The van der Waals surface area contributed by atoms with Gasteiger partial charge in [-0.25, -0.2) is 0 Å². The molecule has 2 fully saturated rings. The number of aromatic nitrogens is 2. The first-order valence-corrected chi connectivity index (χ1v) is 7.40. The highest BCUT2D eigenvalue weighted by molar-refractivity contribution is 5.02. The highest BCUT2D eigenvalue weighted by Gasteiger charge is 2.37. The second-order valence-corrected chi connectivity index (χ2v) is 6.11. The van der Waals surface area contributed by atoms with Crippen LogP contribution in [0.1, 0.15) is 57.2 Å². The molecule has 2 heterocycles. The van der Waals surface area contributed by atoms with Gasteiger partial charge in [-0.05, 0) is 38.5 Å². The van der Waals surface area contributed by atoms with Gasteiger partial charge in [0.05, 0.1) is 0 Å². The molecular weight excluding hydrogens is 242 g/mol. The van der Waals surface area contributed by atoms with E-state index in [0.717, 1.165) is 19.4 Å². The van der Waals surface area contributed by atoms with Crippen molar-refractivity contribution in [3.8, 4) is 0 Å². The number of ether oxygens (including phenoxy) is 1. The predicted molar refractivity (Wildman–Crippen MR) is 70.5 cm³/mol. The summed E-state index contributed by atoms with van der Waals surface area (Å²) < 4.78 is 11.1. The van der Waals surface area contributed by atoms with Gasteiger partial charge in [0.25, 0.3) is 0 Å². The molecule has 0 radical (unpaired) electrons. The van der Waals surface area contributed by atoms with Crippen molar-refractivity contribution in [2.75, 3.05) is 6.61 Å². The summed E-state index contributed by atoms with van der Waals surface area (Å²) in [5.74, 6) is 1.96. The fourth-order valence-electron chi connectivity index (χ4n) is 3.26. The minimum Gasteiger partial charge on any atom is -0.367 e. The zero-order valence-corrected chi connectivity index (χ0v) is 11.6. The third-order valence-corrected chi connectivity index (χ3v) is 4.58. The van der Waals surface area contributed by atoms with Crippen LogP contribution < -0.4 is 5.73 Å². The Kier molecular flexibility index (Phi) is 3.58. The molecule has 1 aliphatic carbocycles. The predicted octanol–water partition coefficient (Wildman–Crippen LogP) is 2.16. The van der Waals surface area contributed by atoms with Crippen molar-refractivity contribution in [1.29, 1.82) is 0 Å². The quantitative estimate of drug-likeness (QED) is 0.903. The molecule has 1 saturated heterocycles. The molecule has 3 rings (SSSR count). The Morgan fingerprint density at radius 1 is 1.37 bits per heavy atom. The molecule has 2 aliphatic rings. The van der Waals surface area contributed by atoms with Gasteiger partial charge in [-0.2, -0.15) is 4.98 Å². The van der Waals surface area contributed by atoms with E-state index in [0.29, 0.717) is 24.1 Å². The standard InChI is InChI=1S/C14H23N3O2/c1-14(7-4-8-18-14)13-16-12(19-17-13)9-11(15)10-5-2-3-6-10/h10-11H,2-9,15H2,1H3. The lowest BCUT2D eigenvalue weighted by Crippen LogP contribution is -2.31. The summed E-state index contributed by atoms with van der Waals surface area (Å²) in [4.78, 5) is 4.49. The van der Waals surface area contributed by atoms with Crippen LogP contribution in [-0.2, 0) is 16.8 Å². The van der Waals surface area contributed by atoms with E-state index in [1.165, 1.54) is 25.7 Å². The normalized spacial score (nSPS) is 30.0. The summed E-state index contributed by atoms with van der Waals surface area (Å²) in [6.45, 7) is 2.81. The Labute approximate surface area is 113 Å². The lowest BCUT2D eigenvalue weighted by atomic mass is 9.96. The van der Waals surface area contributed by atoms with Crippen LogP contribution in [-0.4, -0.2) is 22.8 Å². The van der Waals surface area contributed by atoms with E-state index >= 15 is 0 Å². The van der Waals surface area contributed by atoms with Gasteiger partial charge in [0, 0.05) is 19.1 Å². The van der Waals surface area contributed by atoms with Gasteiger partial charge < -0.3 is 15.0 Å². The molecule has 1 aliphatic heterocycles. The molecule has 1 aromatic rings. The number of rotatable bonds is 4. The van der Waals surface area contributed by atoms with E-state index in [4.69, 9.17) is 15.0 Å². The third kappa shape index (κ3) is 2.67. The van der Waals surface area contributed by atoms with Gasteiger partial charge in [-0.15, -0.1) is 0 Å². The Morgan fingerprint density at radius 3 is 2.84 bits per heavy atom. The fraction of sp³-hybridized carbons (Fsp3) is 0.857. The maximum absolute atomic E-state index is 6.25. The van der Waals surface area contributed by atoms with Crippen LogP contribution in [0.5, 0.6) is 0 Å². The molecule has 1 saturated carbocycles. The molecule has 0 spiro atoms. The molecule has 0 bridgehead atoms. The lowest BCUT2D eigenvalue weighted by Gasteiger charge is -2.18. The van der Waals surface area contributed by atoms with Crippen molar-refractivity contribution in [3.05, 3.63) is 11.7 Å². The fourth-order valence-corrected chi connectivity index (χ4v) is 3.26. The lowest BCUT2D eigenvalue weighted by molar-refractivity contribution is 0.00768. The highest BCUT2D eigenvalue weighted by atomic mass is 16.5. The SMILES string of the molecule is CC1(c2noc(CC(N)C3CCCC3)n2)CCCO1. The first-order chi connectivity index (χ1) is 9.17. The summed E-state index contributed by atoms with van der Waals surface area (Å²) in [7, 11) is 0. The molecular formula is C14H23N3O2. The zero-order valence-electron chi connectivity index (χ0n) is 11.6. The summed E-state index contributed by atoms with van der Waals surface area (Å²) >= 11 is 0. The highest BCUT2D eigenvalue weighted by Crippen LogP contribution is 2.34. The Balaban J connectivity index is 1.64. The zero-order chi connectivity index (χ0) is 13.3. The first-order valence-electron chi connectivity index (χ1n) is 7.40. The van der Waals surface area contributed by atoms with Crippen LogP contribution in [0, 0.1) is 5.92 Å². The molecule has 5 heteroatoms. The first kappa shape index (κ1) is 13.1. The van der Waals surface area contributed by atoms with Gasteiger partial charge in [-0.3, -0.25) is 0 Å². The van der Waals surface area contributed by atoms with Crippen LogP contribution in [0.3, 0.4) is 0 Å². The van der Waals surface area contributed by atoms with Crippen LogP contribution in [0.25, 0.3) is 0 Å². The smallest absolute Gasteiger partial charge is 0.228 e. The van der Waals surface area contributed by atoms with Crippen molar-refractivity contribution in [3.63, 3.8) is 0 Å². The Morgan fingerprint density at radius 2 is 2.16 bits per heavy atom. The molecule has 106 valence electrons. The average Bonchev–Trinajstić information content (AvgIpc) is 3.09. The van der Waals surface area contributed by atoms with Crippen molar-refractivity contribution in [2.24, 2.45) is 11.7 Å². The molecule has 0 amide bonds. The van der Waals surface area contributed by atoms with Gasteiger partial charge in [0.15, 0.2) is 0 Å². The largest absolute Gasteiger partial charge is 0.367 e. The van der Waals surface area contributed by atoms with E-state index in [1.54, 1.807) is 0 Å². The monoisotopic (exact) mass is 265 g/mol. The van der Waals surface area contributed by atoms with E-state index < -0.39 is 0 Å². The minimum absolute atomic E-state index is 0.146. The Bertz CT molecular complexity index is 420. The van der Waals surface area contributed by atoms with Gasteiger partial charge in [0.1, 0.15) is 5.60 Å². The molecule has 2 unspecified atom stereocenters. The molecule has 2 N–H and O–H groups in total. The maximum atomic E-state index is 6.25. The summed E-state index contributed by atoms with van der Waals surface area (Å²) in [5, 5.41) is 4.08. The second kappa shape index (κ2) is 5.21. The number of nitrogens with zero attached hydrogens (tertiary/aromatic N) is 2. The van der Waals surface area contributed by atoms with Crippen molar-refractivity contribution in [1.82, 2.24) is 10.1 Å². The van der Waals surface area contributed by atoms with E-state index in [1.807, 2.05) is 6.92 Å². The Hall–Kier alpha value is -0.940. The molecule has 19 heavy (non-hydrogen) atoms. The topological polar surface area (TPSA) is 74.2 Å². The van der Waals surface area contributed by atoms with Crippen molar-refractivity contribution in [2.45, 2.75) is 63.5 Å². The molecule has 2 atom stereocenters. The van der Waals surface area contributed by atoms with Crippen LogP contribution >= 0.6 is 0 Å². The van der Waals surface area contributed by atoms with E-state index in [9.17, 15) is 0 Å². The minimum atomic E-state index is -0.362. The molecule has 5 nitrogen and oxygen atoms in total. The van der Waals surface area contributed by atoms with Gasteiger partial charge in [-0.1, -0.05) is 18.0 Å². The summed E-state index contributed by atoms with van der Waals surface area (Å²) in [6, 6.07) is 0.146. The maximum Gasteiger partial charge on any atom is 0.228 e. The van der Waals surface area contributed by atoms with Crippen LogP contribution in [0.15, 0.2) is 4.52 Å². The van der Waals surface area contributed by atoms with Crippen LogP contribution in [0.2, 0.25) is 0 Å². The number of nitrogens with two attached hydrogens (primary N) is 1. The van der Waals surface area contributed by atoms with E-state index in [-0.39, 0.29) is 11.6 Å². The average molecular weight is 265 g/mol. The van der Waals surface area contributed by atoms with Crippen molar-refractivity contribution >= 4 is 0 Å². The third-order valence-electron chi connectivity index (χ3n) is 4.58. The van der Waals surface area contributed by atoms with Gasteiger partial charge >= 0.3 is 0 Å². The van der Waals surface area contributed by atoms with Crippen LogP contribution in [0.4, 0.5) is 0 Å².